The van der Waals surface area contributed by atoms with Gasteiger partial charge in [0.05, 0.1) is 5.01 Å². The van der Waals surface area contributed by atoms with Crippen molar-refractivity contribution in [1.82, 2.24) is 9.97 Å². The molecule has 0 aliphatic carbocycles. The summed E-state index contributed by atoms with van der Waals surface area (Å²) in [5, 5.41) is 4.98. The van der Waals surface area contributed by atoms with Crippen LogP contribution >= 0.6 is 11.3 Å². The number of carbonyl (C=O) groups is 1. The van der Waals surface area contributed by atoms with Crippen molar-refractivity contribution in [2.75, 3.05) is 5.32 Å². The molecule has 156 valence electrons. The normalized spacial score (nSPS) is 10.8. The smallest absolute Gasteiger partial charge is 0.248 e. The van der Waals surface area contributed by atoms with Crippen LogP contribution in [0.5, 0.6) is 10.8 Å². The average Bonchev–Trinajstić information content (AvgIpc) is 3.19. The molecule has 2 heterocycles. The van der Waals surface area contributed by atoms with Gasteiger partial charge in [-0.2, -0.15) is 0 Å². The van der Waals surface area contributed by atoms with Crippen LogP contribution in [0.4, 0.5) is 11.5 Å². The summed E-state index contributed by atoms with van der Waals surface area (Å²) in [6, 6.07) is 20.6. The highest BCUT2D eigenvalue weighted by Gasteiger charge is 2.17. The van der Waals surface area contributed by atoms with Crippen molar-refractivity contribution in [1.29, 1.82) is 0 Å². The van der Waals surface area contributed by atoms with E-state index in [1.807, 2.05) is 42.5 Å². The first-order valence-corrected chi connectivity index (χ1v) is 10.7. The van der Waals surface area contributed by atoms with Gasteiger partial charge in [0.25, 0.3) is 0 Å². The van der Waals surface area contributed by atoms with Crippen molar-refractivity contribution in [3.8, 4) is 22.1 Å². The van der Waals surface area contributed by atoms with Gasteiger partial charge in [0, 0.05) is 35.0 Å². The van der Waals surface area contributed by atoms with Crippen LogP contribution in [-0.4, -0.2) is 15.9 Å². The highest BCUT2D eigenvalue weighted by molar-refractivity contribution is 7.14. The minimum atomic E-state index is -0.459. The summed E-state index contributed by atoms with van der Waals surface area (Å²) < 4.78 is 6.24. The maximum atomic E-state index is 11.2. The second kappa shape index (κ2) is 8.97. The lowest BCUT2D eigenvalue weighted by Gasteiger charge is -2.09. The Morgan fingerprint density at radius 2 is 1.81 bits per heavy atom. The van der Waals surface area contributed by atoms with Crippen molar-refractivity contribution < 1.29 is 9.53 Å². The van der Waals surface area contributed by atoms with Crippen LogP contribution in [0.3, 0.4) is 0 Å². The Bertz CT molecular complexity index is 1190. The van der Waals surface area contributed by atoms with E-state index >= 15 is 0 Å². The number of hydrogen-bond acceptors (Lipinski definition) is 6. The molecule has 0 aliphatic rings. The number of hydrogen-bond donors (Lipinski definition) is 2. The summed E-state index contributed by atoms with van der Waals surface area (Å²) in [5.41, 5.74) is 8.39. The highest BCUT2D eigenvalue weighted by Crippen LogP contribution is 2.40. The molecule has 0 bridgehead atoms. The second-order valence-electron chi connectivity index (χ2n) is 7.25. The number of nitrogens with two attached hydrogens (primary N) is 1. The number of aromatic nitrogens is 2. The standard InChI is InChI=1S/C24H22N4O2S/c1-15(2)23-28-21(16-6-4-3-5-7-16)24(31-23)30-19-12-13-26-20(14-19)27-18-10-8-17(9-11-18)22(25)29/h3-15H,1-2H3,(H2,25,29)(H,26,27). The van der Waals surface area contributed by atoms with E-state index < -0.39 is 5.91 Å². The fourth-order valence-electron chi connectivity index (χ4n) is 2.93. The Labute approximate surface area is 184 Å². The predicted molar refractivity (Wildman–Crippen MR) is 124 cm³/mol. The number of thiazole rings is 1. The molecule has 0 aliphatic heterocycles. The van der Waals surface area contributed by atoms with E-state index in [9.17, 15) is 4.79 Å². The molecule has 2 aromatic carbocycles. The largest absolute Gasteiger partial charge is 0.444 e. The third-order valence-corrected chi connectivity index (χ3v) is 5.77. The van der Waals surface area contributed by atoms with Crippen LogP contribution in [-0.2, 0) is 0 Å². The lowest BCUT2D eigenvalue weighted by Crippen LogP contribution is -2.10. The third-order valence-electron chi connectivity index (χ3n) is 4.54. The molecular formula is C24H22N4O2S. The van der Waals surface area contributed by atoms with Gasteiger partial charge in [-0.1, -0.05) is 55.5 Å². The van der Waals surface area contributed by atoms with Crippen molar-refractivity contribution >= 4 is 28.7 Å². The zero-order chi connectivity index (χ0) is 21.8. The van der Waals surface area contributed by atoms with E-state index in [2.05, 4.69) is 24.1 Å². The number of pyridine rings is 1. The van der Waals surface area contributed by atoms with E-state index in [-0.39, 0.29) is 0 Å². The van der Waals surface area contributed by atoms with Crippen molar-refractivity contribution in [2.24, 2.45) is 5.73 Å². The predicted octanol–water partition coefficient (Wildman–Crippen LogP) is 5.96. The number of amides is 1. The van der Waals surface area contributed by atoms with Crippen LogP contribution in [0.2, 0.25) is 0 Å². The van der Waals surface area contributed by atoms with Crippen LogP contribution in [0.15, 0.2) is 72.9 Å². The van der Waals surface area contributed by atoms with E-state index in [4.69, 9.17) is 15.5 Å². The van der Waals surface area contributed by atoms with Crippen LogP contribution in [0.25, 0.3) is 11.3 Å². The van der Waals surface area contributed by atoms with E-state index in [1.165, 1.54) is 0 Å². The lowest BCUT2D eigenvalue weighted by molar-refractivity contribution is 0.100. The summed E-state index contributed by atoms with van der Waals surface area (Å²) in [4.78, 5) is 20.4. The first-order chi connectivity index (χ1) is 15.0. The van der Waals surface area contributed by atoms with Gasteiger partial charge >= 0.3 is 0 Å². The first kappa shape index (κ1) is 20.6. The average molecular weight is 431 g/mol. The molecule has 6 nitrogen and oxygen atoms in total. The Kier molecular flexibility index (Phi) is 5.95. The molecule has 0 saturated heterocycles. The third kappa shape index (κ3) is 4.90. The number of carbonyl (C=O) groups excluding carboxylic acids is 1. The lowest BCUT2D eigenvalue weighted by atomic mass is 10.1. The van der Waals surface area contributed by atoms with Crippen molar-refractivity contribution in [3.05, 3.63) is 83.5 Å². The molecule has 0 fully saturated rings. The zero-order valence-electron chi connectivity index (χ0n) is 17.2. The van der Waals surface area contributed by atoms with Gasteiger partial charge in [-0.25, -0.2) is 9.97 Å². The van der Waals surface area contributed by atoms with Crippen LogP contribution in [0, 0.1) is 0 Å². The Hall–Kier alpha value is -3.71. The SMILES string of the molecule is CC(C)c1nc(-c2ccccc2)c(Oc2ccnc(Nc3ccc(C(N)=O)cc3)c2)s1. The maximum Gasteiger partial charge on any atom is 0.248 e. The highest BCUT2D eigenvalue weighted by atomic mass is 32.1. The number of ether oxygens (including phenoxy) is 1. The summed E-state index contributed by atoms with van der Waals surface area (Å²) in [5.74, 6) is 1.13. The molecule has 2 aromatic heterocycles. The molecule has 3 N–H and O–H groups in total. The van der Waals surface area contributed by atoms with Gasteiger partial charge in [0.1, 0.15) is 17.3 Å². The van der Waals surface area contributed by atoms with Gasteiger partial charge < -0.3 is 15.8 Å². The number of primary amides is 1. The molecule has 0 atom stereocenters. The Balaban J connectivity index is 1.58. The van der Waals surface area contributed by atoms with Gasteiger partial charge in [-0.15, -0.1) is 0 Å². The molecule has 0 saturated carbocycles. The number of nitrogens with zero attached hydrogens (tertiary/aromatic N) is 2. The molecule has 0 spiro atoms. The molecule has 0 radical (unpaired) electrons. The fourth-order valence-corrected chi connectivity index (χ4v) is 3.89. The summed E-state index contributed by atoms with van der Waals surface area (Å²) in [6.07, 6.45) is 1.68. The molecule has 31 heavy (non-hydrogen) atoms. The number of benzene rings is 2. The second-order valence-corrected chi connectivity index (χ2v) is 8.25. The summed E-state index contributed by atoms with van der Waals surface area (Å²) >= 11 is 1.55. The molecule has 4 rings (SSSR count). The molecule has 0 unspecified atom stereocenters. The number of anilines is 2. The quantitative estimate of drug-likeness (QED) is 0.377. The van der Waals surface area contributed by atoms with Gasteiger partial charge in [-0.05, 0) is 30.3 Å². The molecular weight excluding hydrogens is 408 g/mol. The summed E-state index contributed by atoms with van der Waals surface area (Å²) in [6.45, 7) is 4.24. The van der Waals surface area contributed by atoms with E-state index in [1.54, 1.807) is 41.8 Å². The monoisotopic (exact) mass is 430 g/mol. The number of nitrogens with one attached hydrogen (secondary N) is 1. The Morgan fingerprint density at radius 3 is 2.48 bits per heavy atom. The van der Waals surface area contributed by atoms with Crippen molar-refractivity contribution in [3.63, 3.8) is 0 Å². The summed E-state index contributed by atoms with van der Waals surface area (Å²) in [7, 11) is 0. The van der Waals surface area contributed by atoms with Gasteiger partial charge in [-0.3, -0.25) is 4.79 Å². The topological polar surface area (TPSA) is 90.1 Å². The minimum absolute atomic E-state index is 0.308. The number of rotatable bonds is 7. The minimum Gasteiger partial charge on any atom is -0.444 e. The maximum absolute atomic E-state index is 11.2. The molecule has 7 heteroatoms. The van der Waals surface area contributed by atoms with Gasteiger partial charge in [0.15, 0.2) is 0 Å². The first-order valence-electron chi connectivity index (χ1n) is 9.86. The van der Waals surface area contributed by atoms with Crippen LogP contribution < -0.4 is 15.8 Å². The molecule has 4 aromatic rings. The van der Waals surface area contributed by atoms with Crippen LogP contribution in [0.1, 0.15) is 35.1 Å². The molecule has 1 amide bonds. The zero-order valence-corrected chi connectivity index (χ0v) is 18.0. The Morgan fingerprint density at radius 1 is 1.06 bits per heavy atom. The van der Waals surface area contributed by atoms with Crippen molar-refractivity contribution in [2.45, 2.75) is 19.8 Å². The van der Waals surface area contributed by atoms with E-state index in [0.717, 1.165) is 27.0 Å². The fraction of sp³-hybridized carbons (Fsp3) is 0.125. The van der Waals surface area contributed by atoms with Gasteiger partial charge in [0.2, 0.25) is 11.0 Å². The van der Waals surface area contributed by atoms with E-state index in [0.29, 0.717) is 23.0 Å².